The zero-order valence-corrected chi connectivity index (χ0v) is 7.36. The maximum Gasteiger partial charge on any atom is 0.113 e. The molecule has 0 heterocycles. The zero-order valence-electron chi connectivity index (χ0n) is 7.36. The summed E-state index contributed by atoms with van der Waals surface area (Å²) < 4.78 is 0. The summed E-state index contributed by atoms with van der Waals surface area (Å²) in [5.74, 6) is 0. The lowest BCUT2D eigenvalue weighted by atomic mass is 10.1. The lowest BCUT2D eigenvalue weighted by Crippen LogP contribution is -1.82. The van der Waals surface area contributed by atoms with Crippen molar-refractivity contribution in [1.29, 1.82) is 0 Å². The second kappa shape index (κ2) is 4.45. The van der Waals surface area contributed by atoms with E-state index in [2.05, 4.69) is 10.4 Å². The van der Waals surface area contributed by atoms with Gasteiger partial charge in [-0.25, -0.2) is 0 Å². The third-order valence-electron chi connectivity index (χ3n) is 1.79. The van der Waals surface area contributed by atoms with E-state index in [1.54, 1.807) is 12.1 Å². The second-order valence-electron chi connectivity index (χ2n) is 2.75. The average Bonchev–Trinajstić information content (AvgIpc) is 2.19. The van der Waals surface area contributed by atoms with E-state index in [0.29, 0.717) is 5.69 Å². The van der Waals surface area contributed by atoms with Gasteiger partial charge in [-0.2, -0.15) is 0 Å². The second-order valence-corrected chi connectivity index (χ2v) is 2.75. The number of nitrogens with zero attached hydrogens (tertiary/aromatic N) is 2. The molecule has 0 aliphatic rings. The normalized spacial score (nSPS) is 9.62. The standard InChI is InChI=1S/C9H10N2O2/c1-2-3-7-4-5-8(10-12)6-9(7)11-13/h4-6H,2-3H2,1H3. The SMILES string of the molecule is CCCc1ccc(N=O)cc1N=O. The van der Waals surface area contributed by atoms with Crippen LogP contribution in [0.3, 0.4) is 0 Å². The van der Waals surface area contributed by atoms with Crippen LogP contribution in [-0.2, 0) is 6.42 Å². The molecule has 4 nitrogen and oxygen atoms in total. The summed E-state index contributed by atoms with van der Waals surface area (Å²) in [5, 5.41) is 5.58. The minimum absolute atomic E-state index is 0.245. The van der Waals surface area contributed by atoms with Crippen LogP contribution in [0.5, 0.6) is 0 Å². The van der Waals surface area contributed by atoms with E-state index in [1.807, 2.05) is 6.92 Å². The van der Waals surface area contributed by atoms with Gasteiger partial charge in [0.15, 0.2) is 0 Å². The van der Waals surface area contributed by atoms with Gasteiger partial charge in [0.1, 0.15) is 11.4 Å². The Bertz CT molecular complexity index is 323. The summed E-state index contributed by atoms with van der Waals surface area (Å²) >= 11 is 0. The molecule has 68 valence electrons. The smallest absolute Gasteiger partial charge is 0.113 e. The Morgan fingerprint density at radius 2 is 2.00 bits per heavy atom. The largest absolute Gasteiger partial charge is 0.145 e. The first-order valence-corrected chi connectivity index (χ1v) is 4.11. The van der Waals surface area contributed by atoms with Crippen molar-refractivity contribution in [2.45, 2.75) is 19.8 Å². The molecule has 0 fully saturated rings. The van der Waals surface area contributed by atoms with Gasteiger partial charge in [-0.1, -0.05) is 19.4 Å². The highest BCUT2D eigenvalue weighted by Gasteiger charge is 2.03. The molecule has 0 saturated heterocycles. The van der Waals surface area contributed by atoms with Gasteiger partial charge in [-0.3, -0.25) is 0 Å². The predicted octanol–water partition coefficient (Wildman–Crippen LogP) is 3.43. The summed E-state index contributed by atoms with van der Waals surface area (Å²) in [7, 11) is 0. The fourth-order valence-corrected chi connectivity index (χ4v) is 1.17. The van der Waals surface area contributed by atoms with E-state index in [9.17, 15) is 9.81 Å². The van der Waals surface area contributed by atoms with Crippen LogP contribution >= 0.6 is 0 Å². The first-order chi connectivity index (χ1) is 6.31. The van der Waals surface area contributed by atoms with Crippen LogP contribution < -0.4 is 0 Å². The number of aryl methyl sites for hydroxylation is 1. The minimum atomic E-state index is 0.245. The van der Waals surface area contributed by atoms with E-state index in [4.69, 9.17) is 0 Å². The monoisotopic (exact) mass is 178 g/mol. The predicted molar refractivity (Wildman–Crippen MR) is 51.3 cm³/mol. The third-order valence-corrected chi connectivity index (χ3v) is 1.79. The van der Waals surface area contributed by atoms with Crippen molar-refractivity contribution in [1.82, 2.24) is 0 Å². The van der Waals surface area contributed by atoms with E-state index >= 15 is 0 Å². The highest BCUT2D eigenvalue weighted by Crippen LogP contribution is 2.26. The molecule has 0 N–H and O–H groups in total. The van der Waals surface area contributed by atoms with Gasteiger partial charge < -0.3 is 0 Å². The fourth-order valence-electron chi connectivity index (χ4n) is 1.17. The molecular formula is C9H10N2O2. The summed E-state index contributed by atoms with van der Waals surface area (Å²) in [6.45, 7) is 2.01. The zero-order chi connectivity index (χ0) is 9.68. The summed E-state index contributed by atoms with van der Waals surface area (Å²) in [6.07, 6.45) is 1.73. The Labute approximate surface area is 75.9 Å². The van der Waals surface area contributed by atoms with Crippen molar-refractivity contribution in [3.05, 3.63) is 33.6 Å². The van der Waals surface area contributed by atoms with Gasteiger partial charge in [0.05, 0.1) is 0 Å². The van der Waals surface area contributed by atoms with Crippen molar-refractivity contribution >= 4 is 11.4 Å². The average molecular weight is 178 g/mol. The minimum Gasteiger partial charge on any atom is -0.145 e. The molecule has 13 heavy (non-hydrogen) atoms. The number of hydrogen-bond acceptors (Lipinski definition) is 4. The van der Waals surface area contributed by atoms with Gasteiger partial charge in [0, 0.05) is 0 Å². The molecular weight excluding hydrogens is 168 g/mol. The summed E-state index contributed by atoms with van der Waals surface area (Å²) in [5.41, 5.74) is 1.43. The fraction of sp³-hybridized carbons (Fsp3) is 0.333. The van der Waals surface area contributed by atoms with Crippen LogP contribution in [0.4, 0.5) is 11.4 Å². The summed E-state index contributed by atoms with van der Waals surface area (Å²) in [6, 6.07) is 4.72. The molecule has 1 rings (SSSR count). The van der Waals surface area contributed by atoms with Crippen LogP contribution in [0.25, 0.3) is 0 Å². The lowest BCUT2D eigenvalue weighted by molar-refractivity contribution is 0.921. The van der Waals surface area contributed by atoms with E-state index in [0.717, 1.165) is 18.4 Å². The van der Waals surface area contributed by atoms with E-state index in [-0.39, 0.29) is 5.69 Å². The molecule has 0 radical (unpaired) electrons. The van der Waals surface area contributed by atoms with Crippen molar-refractivity contribution in [3.8, 4) is 0 Å². The van der Waals surface area contributed by atoms with Gasteiger partial charge in [0.2, 0.25) is 0 Å². The lowest BCUT2D eigenvalue weighted by Gasteiger charge is -2.00. The van der Waals surface area contributed by atoms with Gasteiger partial charge >= 0.3 is 0 Å². The maximum absolute atomic E-state index is 10.4. The topological polar surface area (TPSA) is 58.9 Å². The Morgan fingerprint density at radius 3 is 2.54 bits per heavy atom. The van der Waals surface area contributed by atoms with E-state index < -0.39 is 0 Å². The van der Waals surface area contributed by atoms with Crippen LogP contribution in [-0.4, -0.2) is 0 Å². The van der Waals surface area contributed by atoms with Crippen molar-refractivity contribution in [2.75, 3.05) is 0 Å². The molecule has 4 heteroatoms. The molecule has 0 atom stereocenters. The Balaban J connectivity index is 3.07. The van der Waals surface area contributed by atoms with Gasteiger partial charge in [-0.05, 0) is 34.5 Å². The number of rotatable bonds is 4. The van der Waals surface area contributed by atoms with Crippen LogP contribution in [0.1, 0.15) is 18.9 Å². The third kappa shape index (κ3) is 2.18. The van der Waals surface area contributed by atoms with E-state index in [1.165, 1.54) is 6.07 Å². The van der Waals surface area contributed by atoms with Crippen molar-refractivity contribution in [2.24, 2.45) is 10.4 Å². The number of benzene rings is 1. The molecule has 0 aliphatic heterocycles. The highest BCUT2D eigenvalue weighted by atomic mass is 16.3. The van der Waals surface area contributed by atoms with Crippen LogP contribution in [0, 0.1) is 9.81 Å². The highest BCUT2D eigenvalue weighted by molar-refractivity contribution is 5.55. The Morgan fingerprint density at radius 1 is 1.23 bits per heavy atom. The van der Waals surface area contributed by atoms with Gasteiger partial charge in [0.25, 0.3) is 0 Å². The van der Waals surface area contributed by atoms with Crippen LogP contribution in [0.15, 0.2) is 28.6 Å². The summed E-state index contributed by atoms with van der Waals surface area (Å²) in [4.78, 5) is 20.5. The Kier molecular flexibility index (Phi) is 3.25. The number of nitroso groups, excluding NO2 is 2. The van der Waals surface area contributed by atoms with Gasteiger partial charge in [-0.15, -0.1) is 9.81 Å². The first kappa shape index (κ1) is 9.51. The Hall–Kier alpha value is -1.58. The molecule has 1 aromatic carbocycles. The molecule has 0 unspecified atom stereocenters. The molecule has 1 aromatic rings. The maximum atomic E-state index is 10.4. The van der Waals surface area contributed by atoms with Crippen LogP contribution in [0.2, 0.25) is 0 Å². The molecule has 0 aromatic heterocycles. The molecule has 0 aliphatic carbocycles. The van der Waals surface area contributed by atoms with Crippen molar-refractivity contribution < 1.29 is 0 Å². The molecule has 0 saturated carbocycles. The van der Waals surface area contributed by atoms with Crippen molar-refractivity contribution in [3.63, 3.8) is 0 Å². The molecule has 0 spiro atoms. The quantitative estimate of drug-likeness (QED) is 0.663. The molecule has 0 amide bonds. The number of hydrogen-bond donors (Lipinski definition) is 0. The molecule has 0 bridgehead atoms. The first-order valence-electron chi connectivity index (χ1n) is 4.11.